The maximum atomic E-state index is 10.6. The Morgan fingerprint density at radius 3 is 2.26 bits per heavy atom. The molecule has 0 aliphatic heterocycles. The Balaban J connectivity index is 2.16. The molecule has 0 aliphatic rings. The van der Waals surface area contributed by atoms with E-state index >= 15 is 0 Å². The van der Waals surface area contributed by atoms with Crippen LogP contribution in [-0.2, 0) is 6.42 Å². The minimum atomic E-state index is -0.428. The molecule has 0 saturated heterocycles. The fourth-order valence-corrected chi connectivity index (χ4v) is 1.91. The van der Waals surface area contributed by atoms with Crippen LogP contribution in [0.15, 0.2) is 54.6 Å². The number of rotatable bonds is 4. The average molecular weight is 252 g/mol. The summed E-state index contributed by atoms with van der Waals surface area (Å²) in [7, 11) is 0. The second-order valence-corrected chi connectivity index (χ2v) is 4.22. The summed E-state index contributed by atoms with van der Waals surface area (Å²) in [6.45, 7) is 0. The van der Waals surface area contributed by atoms with Crippen molar-refractivity contribution in [3.63, 3.8) is 0 Å². The van der Waals surface area contributed by atoms with E-state index in [4.69, 9.17) is 0 Å². The summed E-state index contributed by atoms with van der Waals surface area (Å²) >= 11 is 0. The minimum Gasteiger partial charge on any atom is -0.258 e. The highest BCUT2D eigenvalue weighted by Gasteiger charge is 2.12. The van der Waals surface area contributed by atoms with Gasteiger partial charge in [-0.1, -0.05) is 42.5 Å². The molecule has 0 N–H and O–H groups in total. The molecule has 0 spiro atoms. The van der Waals surface area contributed by atoms with Crippen molar-refractivity contribution in [1.82, 2.24) is 0 Å². The summed E-state index contributed by atoms with van der Waals surface area (Å²) in [5.41, 5.74) is 1.95. The second kappa shape index (κ2) is 5.78. The summed E-state index contributed by atoms with van der Waals surface area (Å²) in [4.78, 5) is 10.1. The van der Waals surface area contributed by atoms with Crippen LogP contribution >= 0.6 is 0 Å². The summed E-state index contributed by atoms with van der Waals surface area (Å²) in [6, 6.07) is 18.1. The van der Waals surface area contributed by atoms with E-state index < -0.39 is 4.92 Å². The maximum absolute atomic E-state index is 10.6. The Morgan fingerprint density at radius 2 is 1.74 bits per heavy atom. The van der Waals surface area contributed by atoms with Gasteiger partial charge in [-0.3, -0.25) is 10.1 Å². The van der Waals surface area contributed by atoms with Crippen LogP contribution in [0.4, 0.5) is 5.69 Å². The van der Waals surface area contributed by atoms with Crippen LogP contribution in [0.1, 0.15) is 17.0 Å². The van der Waals surface area contributed by atoms with Crippen LogP contribution in [-0.4, -0.2) is 4.92 Å². The lowest BCUT2D eigenvalue weighted by Gasteiger charge is -2.09. The van der Waals surface area contributed by atoms with Crippen molar-refractivity contribution in [3.05, 3.63) is 75.8 Å². The number of nitro groups is 1. The molecule has 4 heteroatoms. The Bertz CT molecular complexity index is 600. The SMILES string of the molecule is N#C[C@@H](Cc1ccc([N+](=O)[O-])cc1)c1ccccc1. The minimum absolute atomic E-state index is 0.0666. The number of non-ortho nitro benzene ring substituents is 1. The molecule has 2 rings (SSSR count). The Kier molecular flexibility index (Phi) is 3.89. The topological polar surface area (TPSA) is 66.9 Å². The highest BCUT2D eigenvalue weighted by atomic mass is 16.6. The molecule has 0 fully saturated rings. The van der Waals surface area contributed by atoms with Crippen molar-refractivity contribution >= 4 is 5.69 Å². The lowest BCUT2D eigenvalue weighted by atomic mass is 9.93. The van der Waals surface area contributed by atoms with Crippen molar-refractivity contribution in [1.29, 1.82) is 5.26 Å². The van der Waals surface area contributed by atoms with Crippen molar-refractivity contribution in [2.24, 2.45) is 0 Å². The molecular formula is C15H12N2O2. The van der Waals surface area contributed by atoms with Crippen LogP contribution in [0.2, 0.25) is 0 Å². The molecule has 0 aliphatic carbocycles. The maximum Gasteiger partial charge on any atom is 0.269 e. The summed E-state index contributed by atoms with van der Waals surface area (Å²) in [5.74, 6) is -0.234. The lowest BCUT2D eigenvalue weighted by molar-refractivity contribution is -0.384. The number of hydrogen-bond donors (Lipinski definition) is 0. The van der Waals surface area contributed by atoms with Gasteiger partial charge in [-0.2, -0.15) is 5.26 Å². The van der Waals surface area contributed by atoms with Crippen LogP contribution in [0.25, 0.3) is 0 Å². The number of benzene rings is 2. The van der Waals surface area contributed by atoms with Gasteiger partial charge in [-0.05, 0) is 17.5 Å². The first kappa shape index (κ1) is 12.8. The van der Waals surface area contributed by atoms with Gasteiger partial charge in [-0.25, -0.2) is 0 Å². The highest BCUT2D eigenvalue weighted by molar-refractivity contribution is 5.35. The van der Waals surface area contributed by atoms with Crippen LogP contribution < -0.4 is 0 Å². The van der Waals surface area contributed by atoms with E-state index in [2.05, 4.69) is 6.07 Å². The molecule has 0 heterocycles. The van der Waals surface area contributed by atoms with Gasteiger partial charge in [0.1, 0.15) is 0 Å². The first-order valence-electron chi connectivity index (χ1n) is 5.88. The number of hydrogen-bond acceptors (Lipinski definition) is 3. The first-order chi connectivity index (χ1) is 9.20. The van der Waals surface area contributed by atoms with E-state index in [1.54, 1.807) is 12.1 Å². The highest BCUT2D eigenvalue weighted by Crippen LogP contribution is 2.21. The van der Waals surface area contributed by atoms with Crippen molar-refractivity contribution in [3.8, 4) is 6.07 Å². The van der Waals surface area contributed by atoms with E-state index in [1.165, 1.54) is 12.1 Å². The Morgan fingerprint density at radius 1 is 1.11 bits per heavy atom. The van der Waals surface area contributed by atoms with Crippen molar-refractivity contribution < 1.29 is 4.92 Å². The monoisotopic (exact) mass is 252 g/mol. The molecule has 1 atom stereocenters. The third-order valence-electron chi connectivity index (χ3n) is 2.94. The van der Waals surface area contributed by atoms with Gasteiger partial charge >= 0.3 is 0 Å². The molecule has 0 radical (unpaired) electrons. The van der Waals surface area contributed by atoms with E-state index in [-0.39, 0.29) is 11.6 Å². The quantitative estimate of drug-likeness (QED) is 0.618. The lowest BCUT2D eigenvalue weighted by Crippen LogP contribution is -2.00. The van der Waals surface area contributed by atoms with E-state index in [9.17, 15) is 15.4 Å². The fourth-order valence-electron chi connectivity index (χ4n) is 1.91. The molecule has 0 saturated carbocycles. The van der Waals surface area contributed by atoms with Gasteiger partial charge in [0.2, 0.25) is 0 Å². The molecule has 2 aromatic carbocycles. The van der Waals surface area contributed by atoms with E-state index in [0.717, 1.165) is 11.1 Å². The summed E-state index contributed by atoms with van der Waals surface area (Å²) in [5, 5.41) is 19.8. The molecule has 0 amide bonds. The predicted molar refractivity (Wildman–Crippen MR) is 71.6 cm³/mol. The molecule has 94 valence electrons. The van der Waals surface area contributed by atoms with Crippen molar-refractivity contribution in [2.45, 2.75) is 12.3 Å². The van der Waals surface area contributed by atoms with Gasteiger partial charge in [0.15, 0.2) is 0 Å². The van der Waals surface area contributed by atoms with Gasteiger partial charge in [0, 0.05) is 12.1 Å². The zero-order valence-electron chi connectivity index (χ0n) is 10.2. The molecule has 4 nitrogen and oxygen atoms in total. The number of nitriles is 1. The molecule has 2 aromatic rings. The standard InChI is InChI=1S/C15H12N2O2/c16-11-14(13-4-2-1-3-5-13)10-12-6-8-15(9-7-12)17(18)19/h1-9,14H,10H2/t14-/m1/s1. The van der Waals surface area contributed by atoms with Gasteiger partial charge in [-0.15, -0.1) is 0 Å². The van der Waals surface area contributed by atoms with Crippen LogP contribution in [0, 0.1) is 21.4 Å². The summed E-state index contributed by atoms with van der Waals surface area (Å²) < 4.78 is 0. The predicted octanol–water partition coefficient (Wildman–Crippen LogP) is 3.44. The van der Waals surface area contributed by atoms with E-state index in [0.29, 0.717) is 6.42 Å². The van der Waals surface area contributed by atoms with Crippen molar-refractivity contribution in [2.75, 3.05) is 0 Å². The molecule has 0 bridgehead atoms. The van der Waals surface area contributed by atoms with Gasteiger partial charge in [0.25, 0.3) is 5.69 Å². The molecular weight excluding hydrogens is 240 g/mol. The van der Waals surface area contributed by atoms with Gasteiger partial charge in [0.05, 0.1) is 16.9 Å². The zero-order valence-corrected chi connectivity index (χ0v) is 10.2. The molecule has 0 aromatic heterocycles. The molecule has 0 unspecified atom stereocenters. The Hall–Kier alpha value is -2.67. The zero-order chi connectivity index (χ0) is 13.7. The fraction of sp³-hybridized carbons (Fsp3) is 0.133. The number of nitrogens with zero attached hydrogens (tertiary/aromatic N) is 2. The smallest absolute Gasteiger partial charge is 0.258 e. The largest absolute Gasteiger partial charge is 0.269 e. The summed E-state index contributed by atoms with van der Waals surface area (Å²) in [6.07, 6.45) is 0.554. The Labute approximate surface area is 111 Å². The van der Waals surface area contributed by atoms with Gasteiger partial charge < -0.3 is 0 Å². The third kappa shape index (κ3) is 3.17. The van der Waals surface area contributed by atoms with Crippen LogP contribution in [0.3, 0.4) is 0 Å². The average Bonchev–Trinajstić information content (AvgIpc) is 2.46. The normalized spacial score (nSPS) is 11.5. The first-order valence-corrected chi connectivity index (χ1v) is 5.88. The number of nitro benzene ring substituents is 1. The van der Waals surface area contributed by atoms with E-state index in [1.807, 2.05) is 30.3 Å². The molecule has 19 heavy (non-hydrogen) atoms. The van der Waals surface area contributed by atoms with Crippen LogP contribution in [0.5, 0.6) is 0 Å². The third-order valence-corrected chi connectivity index (χ3v) is 2.94. The second-order valence-electron chi connectivity index (χ2n) is 4.22.